The van der Waals surface area contributed by atoms with Crippen molar-refractivity contribution in [2.24, 2.45) is 0 Å². The van der Waals surface area contributed by atoms with Gasteiger partial charge in [-0.05, 0) is 52.2 Å². The summed E-state index contributed by atoms with van der Waals surface area (Å²) in [7, 11) is 2.14. The van der Waals surface area contributed by atoms with E-state index in [4.69, 9.17) is 0 Å². The van der Waals surface area contributed by atoms with Crippen LogP contribution in [0.4, 0.5) is 0 Å². The molecule has 2 aliphatic rings. The van der Waals surface area contributed by atoms with Crippen LogP contribution in [0, 0.1) is 0 Å². The summed E-state index contributed by atoms with van der Waals surface area (Å²) in [6.45, 7) is 9.97. The highest BCUT2D eigenvalue weighted by molar-refractivity contribution is 4.91. The van der Waals surface area contributed by atoms with Gasteiger partial charge in [0.1, 0.15) is 0 Å². The van der Waals surface area contributed by atoms with Crippen molar-refractivity contribution in [1.29, 1.82) is 0 Å². The number of hydrogen-bond donors (Lipinski definition) is 1. The van der Waals surface area contributed by atoms with Crippen molar-refractivity contribution in [1.82, 2.24) is 15.1 Å². The maximum Gasteiger partial charge on any atom is 0.0247 e. The quantitative estimate of drug-likeness (QED) is 0.774. The zero-order valence-electron chi connectivity index (χ0n) is 13.9. The Kier molecular flexibility index (Phi) is 6.79. The van der Waals surface area contributed by atoms with Crippen LogP contribution in [0.3, 0.4) is 0 Å². The molecular weight excluding hydrogens is 246 g/mol. The molecule has 3 heteroatoms. The number of likely N-dealkylation sites (N-methyl/N-ethyl adjacent to an activating group) is 1. The van der Waals surface area contributed by atoms with E-state index in [1.165, 1.54) is 71.1 Å². The van der Waals surface area contributed by atoms with E-state index in [2.05, 4.69) is 36.0 Å². The van der Waals surface area contributed by atoms with Gasteiger partial charge in [-0.3, -0.25) is 9.80 Å². The molecule has 3 unspecified atom stereocenters. The third kappa shape index (κ3) is 3.96. The van der Waals surface area contributed by atoms with Crippen LogP contribution in [-0.4, -0.2) is 61.2 Å². The van der Waals surface area contributed by atoms with E-state index in [9.17, 15) is 0 Å². The summed E-state index contributed by atoms with van der Waals surface area (Å²) < 4.78 is 0. The molecule has 0 saturated carbocycles. The number of nitrogens with zero attached hydrogens (tertiary/aromatic N) is 2. The molecule has 2 aliphatic heterocycles. The lowest BCUT2D eigenvalue weighted by atomic mass is 9.99. The van der Waals surface area contributed by atoms with Crippen molar-refractivity contribution in [3.8, 4) is 0 Å². The summed E-state index contributed by atoms with van der Waals surface area (Å²) in [4.78, 5) is 5.54. The zero-order valence-corrected chi connectivity index (χ0v) is 13.9. The summed E-state index contributed by atoms with van der Waals surface area (Å²) in [5.41, 5.74) is 0. The molecule has 0 bridgehead atoms. The first-order valence-electron chi connectivity index (χ1n) is 8.95. The number of nitrogens with one attached hydrogen (secondary N) is 1. The van der Waals surface area contributed by atoms with Crippen LogP contribution in [0.15, 0.2) is 0 Å². The molecule has 118 valence electrons. The molecule has 2 rings (SSSR count). The summed E-state index contributed by atoms with van der Waals surface area (Å²) >= 11 is 0. The maximum atomic E-state index is 3.57. The second-order valence-corrected chi connectivity index (χ2v) is 6.69. The van der Waals surface area contributed by atoms with E-state index < -0.39 is 0 Å². The highest BCUT2D eigenvalue weighted by Crippen LogP contribution is 2.24. The second kappa shape index (κ2) is 8.35. The van der Waals surface area contributed by atoms with Gasteiger partial charge in [0.15, 0.2) is 0 Å². The van der Waals surface area contributed by atoms with Gasteiger partial charge in [-0.2, -0.15) is 0 Å². The SMILES string of the molecule is CCCC(NC)C(CC)N1CCC(N2CCCCC2)C1. The van der Waals surface area contributed by atoms with E-state index in [1.54, 1.807) is 0 Å². The molecule has 0 aromatic rings. The molecule has 2 saturated heterocycles. The van der Waals surface area contributed by atoms with E-state index in [0.717, 1.165) is 12.1 Å². The molecule has 2 heterocycles. The van der Waals surface area contributed by atoms with Crippen LogP contribution in [0.2, 0.25) is 0 Å². The van der Waals surface area contributed by atoms with E-state index in [0.29, 0.717) is 6.04 Å². The van der Waals surface area contributed by atoms with Crippen LogP contribution in [0.1, 0.15) is 58.8 Å². The van der Waals surface area contributed by atoms with Gasteiger partial charge in [0, 0.05) is 31.2 Å². The normalized spacial score (nSPS) is 28.6. The predicted octanol–water partition coefficient (Wildman–Crippen LogP) is 2.71. The van der Waals surface area contributed by atoms with Crippen LogP contribution >= 0.6 is 0 Å². The Balaban J connectivity index is 1.88. The maximum absolute atomic E-state index is 3.57. The van der Waals surface area contributed by atoms with Crippen molar-refractivity contribution in [2.75, 3.05) is 33.2 Å². The first-order valence-corrected chi connectivity index (χ1v) is 8.95. The third-order valence-electron chi connectivity index (χ3n) is 5.42. The standard InChI is InChI=1S/C17H35N3/c1-4-9-16(18-3)17(5-2)20-13-10-15(14-20)19-11-7-6-8-12-19/h15-18H,4-14H2,1-3H3. The minimum absolute atomic E-state index is 0.671. The van der Waals surface area contributed by atoms with Crippen molar-refractivity contribution in [3.63, 3.8) is 0 Å². The Morgan fingerprint density at radius 2 is 1.85 bits per heavy atom. The van der Waals surface area contributed by atoms with Crippen LogP contribution in [0.5, 0.6) is 0 Å². The Morgan fingerprint density at radius 3 is 2.45 bits per heavy atom. The number of rotatable bonds is 7. The molecule has 0 aromatic heterocycles. The van der Waals surface area contributed by atoms with E-state index in [-0.39, 0.29) is 0 Å². The van der Waals surface area contributed by atoms with Crippen molar-refractivity contribution >= 4 is 0 Å². The average Bonchev–Trinajstić information content (AvgIpc) is 2.97. The van der Waals surface area contributed by atoms with Gasteiger partial charge in [0.05, 0.1) is 0 Å². The molecule has 20 heavy (non-hydrogen) atoms. The summed E-state index contributed by atoms with van der Waals surface area (Å²) in [6, 6.07) is 2.24. The van der Waals surface area contributed by atoms with Crippen LogP contribution < -0.4 is 5.32 Å². The Bertz CT molecular complexity index is 263. The first kappa shape index (κ1) is 16.3. The number of hydrogen-bond acceptors (Lipinski definition) is 3. The molecule has 0 aromatic carbocycles. The van der Waals surface area contributed by atoms with E-state index >= 15 is 0 Å². The van der Waals surface area contributed by atoms with Gasteiger partial charge in [0.25, 0.3) is 0 Å². The third-order valence-corrected chi connectivity index (χ3v) is 5.42. The van der Waals surface area contributed by atoms with Gasteiger partial charge >= 0.3 is 0 Å². The van der Waals surface area contributed by atoms with Crippen molar-refractivity contribution in [2.45, 2.75) is 76.9 Å². The summed E-state index contributed by atoms with van der Waals surface area (Å²) in [5.74, 6) is 0. The fraction of sp³-hybridized carbons (Fsp3) is 1.00. The average molecular weight is 281 g/mol. The highest BCUT2D eigenvalue weighted by atomic mass is 15.3. The smallest absolute Gasteiger partial charge is 0.0247 e. The topological polar surface area (TPSA) is 18.5 Å². The molecule has 3 nitrogen and oxygen atoms in total. The fourth-order valence-electron chi connectivity index (χ4n) is 4.29. The molecule has 2 fully saturated rings. The van der Waals surface area contributed by atoms with Gasteiger partial charge in [-0.1, -0.05) is 26.7 Å². The van der Waals surface area contributed by atoms with Crippen molar-refractivity contribution < 1.29 is 0 Å². The minimum Gasteiger partial charge on any atom is -0.315 e. The highest BCUT2D eigenvalue weighted by Gasteiger charge is 2.33. The summed E-state index contributed by atoms with van der Waals surface area (Å²) in [5, 5.41) is 3.57. The summed E-state index contributed by atoms with van der Waals surface area (Å²) in [6.07, 6.45) is 9.54. The molecule has 0 amide bonds. The lowest BCUT2D eigenvalue weighted by Gasteiger charge is -2.36. The van der Waals surface area contributed by atoms with E-state index in [1.807, 2.05) is 0 Å². The van der Waals surface area contributed by atoms with Crippen molar-refractivity contribution in [3.05, 3.63) is 0 Å². The molecule has 0 radical (unpaired) electrons. The van der Waals surface area contributed by atoms with Crippen LogP contribution in [-0.2, 0) is 0 Å². The van der Waals surface area contributed by atoms with Gasteiger partial charge in [-0.25, -0.2) is 0 Å². The second-order valence-electron chi connectivity index (χ2n) is 6.69. The Hall–Kier alpha value is -0.120. The minimum atomic E-state index is 0.671. The zero-order chi connectivity index (χ0) is 14.4. The Morgan fingerprint density at radius 1 is 1.10 bits per heavy atom. The first-order chi connectivity index (χ1) is 9.80. The van der Waals surface area contributed by atoms with Gasteiger partial charge < -0.3 is 5.32 Å². The predicted molar refractivity (Wildman–Crippen MR) is 87.2 cm³/mol. The Labute approximate surface area is 126 Å². The van der Waals surface area contributed by atoms with Crippen LogP contribution in [0.25, 0.3) is 0 Å². The molecular formula is C17H35N3. The molecule has 0 aliphatic carbocycles. The monoisotopic (exact) mass is 281 g/mol. The molecule has 0 spiro atoms. The number of likely N-dealkylation sites (tertiary alicyclic amines) is 2. The van der Waals surface area contributed by atoms with Gasteiger partial charge in [0.2, 0.25) is 0 Å². The molecule has 3 atom stereocenters. The lowest BCUT2D eigenvalue weighted by Crippen LogP contribution is -2.49. The lowest BCUT2D eigenvalue weighted by molar-refractivity contribution is 0.137. The molecule has 1 N–H and O–H groups in total. The number of piperidine rings is 1. The van der Waals surface area contributed by atoms with Gasteiger partial charge in [-0.15, -0.1) is 0 Å². The largest absolute Gasteiger partial charge is 0.315 e. The fourth-order valence-corrected chi connectivity index (χ4v) is 4.29.